The van der Waals surface area contributed by atoms with Gasteiger partial charge in [0.25, 0.3) is 0 Å². The zero-order valence-corrected chi connectivity index (χ0v) is 20.8. The van der Waals surface area contributed by atoms with E-state index in [0.29, 0.717) is 41.6 Å². The van der Waals surface area contributed by atoms with Gasteiger partial charge in [0, 0.05) is 22.5 Å². The first-order chi connectivity index (χ1) is 16.5. The van der Waals surface area contributed by atoms with Crippen LogP contribution in [0, 0.1) is 5.92 Å². The third-order valence-electron chi connectivity index (χ3n) is 6.22. The van der Waals surface area contributed by atoms with Gasteiger partial charge in [-0.1, -0.05) is 11.8 Å². The summed E-state index contributed by atoms with van der Waals surface area (Å²) in [6.07, 6.45) is 4.17. The molecular formula is C22H25BrN6O4S. The monoisotopic (exact) mass is 548 g/mol. The number of imidazole rings is 1. The summed E-state index contributed by atoms with van der Waals surface area (Å²) in [5.74, 6) is 2.32. The van der Waals surface area contributed by atoms with E-state index in [1.54, 1.807) is 0 Å². The second-order valence-electron chi connectivity index (χ2n) is 8.45. The van der Waals surface area contributed by atoms with Gasteiger partial charge in [0.05, 0.1) is 0 Å². The number of nitrogens with two attached hydrogens (primary N) is 1. The van der Waals surface area contributed by atoms with E-state index >= 15 is 0 Å². The molecule has 1 saturated heterocycles. The van der Waals surface area contributed by atoms with Gasteiger partial charge in [-0.05, 0) is 66.3 Å². The Labute approximate surface area is 209 Å². The molecule has 2 aliphatic heterocycles. The summed E-state index contributed by atoms with van der Waals surface area (Å²) in [4.78, 5) is 27.2. The number of aromatic nitrogens is 4. The van der Waals surface area contributed by atoms with E-state index in [2.05, 4.69) is 35.4 Å². The summed E-state index contributed by atoms with van der Waals surface area (Å²) < 4.78 is 14.0. The molecule has 5 rings (SSSR count). The third kappa shape index (κ3) is 4.85. The molecule has 3 aromatic rings. The van der Waals surface area contributed by atoms with E-state index < -0.39 is 6.10 Å². The van der Waals surface area contributed by atoms with Gasteiger partial charge in [0.2, 0.25) is 6.79 Å². The van der Waals surface area contributed by atoms with Crippen molar-refractivity contribution in [1.82, 2.24) is 24.4 Å². The Kier molecular flexibility index (Phi) is 6.91. The van der Waals surface area contributed by atoms with E-state index in [9.17, 15) is 9.90 Å². The van der Waals surface area contributed by atoms with Crippen LogP contribution in [0.25, 0.3) is 11.2 Å². The second kappa shape index (κ2) is 10.1. The van der Waals surface area contributed by atoms with Crippen LogP contribution >= 0.6 is 27.7 Å². The molecule has 0 radical (unpaired) electrons. The molecule has 1 atom stereocenters. The van der Waals surface area contributed by atoms with Gasteiger partial charge >= 0.3 is 0 Å². The number of aliphatic hydroxyl groups excluding tert-OH is 1. The molecule has 180 valence electrons. The van der Waals surface area contributed by atoms with Crippen molar-refractivity contribution in [3.63, 3.8) is 0 Å². The Bertz CT molecular complexity index is 1200. The van der Waals surface area contributed by atoms with Crippen molar-refractivity contribution in [1.29, 1.82) is 0 Å². The topological polar surface area (TPSA) is 129 Å². The molecular weight excluding hydrogens is 524 g/mol. The first-order valence-electron chi connectivity index (χ1n) is 11.1. The molecule has 0 aliphatic carbocycles. The quantitative estimate of drug-likeness (QED) is 0.405. The largest absolute Gasteiger partial charge is 0.454 e. The number of β-amino-alcohol motifs (C(OH)–C–C–N with tert-alkyl or cyclic N) is 1. The number of carbonyl (C=O) groups excluding carboxylic acids is 1. The normalized spacial score (nSPS) is 17.4. The fourth-order valence-electron chi connectivity index (χ4n) is 4.37. The minimum atomic E-state index is -0.908. The average Bonchev–Trinajstić information content (AvgIpc) is 3.43. The van der Waals surface area contributed by atoms with Crippen LogP contribution in [0.2, 0.25) is 0 Å². The van der Waals surface area contributed by atoms with Gasteiger partial charge in [-0.3, -0.25) is 0 Å². The highest BCUT2D eigenvalue weighted by atomic mass is 79.9. The average molecular weight is 549 g/mol. The standard InChI is InChI=1S/C22H25BrN6O4S/c23-15-7-16-17(33-12-32-16)8-18(15)34-22-27-19-20(24)25-11-26-21(19)29(22)6-3-13-1-4-28(5-2-13)9-14(31)10-30/h7-8,10-11,13-14,31H,1-6,9,12H2,(H2,24,25,26)/t14-/m1/s1. The van der Waals surface area contributed by atoms with E-state index in [1.165, 1.54) is 18.1 Å². The first kappa shape index (κ1) is 23.3. The Morgan fingerprint density at radius 1 is 1.26 bits per heavy atom. The van der Waals surface area contributed by atoms with Crippen molar-refractivity contribution >= 4 is 51.0 Å². The molecule has 10 nitrogen and oxygen atoms in total. The lowest BCUT2D eigenvalue weighted by molar-refractivity contribution is -0.115. The summed E-state index contributed by atoms with van der Waals surface area (Å²) >= 11 is 5.14. The van der Waals surface area contributed by atoms with E-state index in [-0.39, 0.29) is 6.79 Å². The van der Waals surface area contributed by atoms with Gasteiger partial charge in [0.1, 0.15) is 18.7 Å². The number of aliphatic hydroxyl groups is 1. The highest BCUT2D eigenvalue weighted by Gasteiger charge is 2.24. The van der Waals surface area contributed by atoms with Crippen molar-refractivity contribution in [3.05, 3.63) is 22.9 Å². The van der Waals surface area contributed by atoms with Crippen molar-refractivity contribution in [2.75, 3.05) is 32.2 Å². The summed E-state index contributed by atoms with van der Waals surface area (Å²) in [5, 5.41) is 10.4. The van der Waals surface area contributed by atoms with E-state index in [4.69, 9.17) is 20.2 Å². The number of benzene rings is 1. The van der Waals surface area contributed by atoms with Crippen LogP contribution in [-0.2, 0) is 11.3 Å². The van der Waals surface area contributed by atoms with Crippen LogP contribution in [0.15, 0.2) is 33.0 Å². The number of hydrogen-bond acceptors (Lipinski definition) is 10. The number of fused-ring (bicyclic) bond motifs is 2. The van der Waals surface area contributed by atoms with Crippen molar-refractivity contribution < 1.29 is 19.4 Å². The van der Waals surface area contributed by atoms with Crippen LogP contribution in [0.1, 0.15) is 19.3 Å². The lowest BCUT2D eigenvalue weighted by Crippen LogP contribution is -2.39. The molecule has 2 aliphatic rings. The smallest absolute Gasteiger partial charge is 0.231 e. The molecule has 0 saturated carbocycles. The number of nitrogens with zero attached hydrogens (tertiary/aromatic N) is 5. The predicted molar refractivity (Wildman–Crippen MR) is 130 cm³/mol. The molecule has 0 spiro atoms. The van der Waals surface area contributed by atoms with Crippen LogP contribution in [0.4, 0.5) is 5.82 Å². The lowest BCUT2D eigenvalue weighted by Gasteiger charge is -2.32. The zero-order chi connectivity index (χ0) is 23.7. The number of halogens is 1. The third-order valence-corrected chi connectivity index (χ3v) is 8.19. The number of rotatable bonds is 8. The summed E-state index contributed by atoms with van der Waals surface area (Å²) in [7, 11) is 0. The molecule has 0 amide bonds. The number of aryl methyl sites for hydroxylation is 1. The summed E-state index contributed by atoms with van der Waals surface area (Å²) in [5.41, 5.74) is 7.43. The van der Waals surface area contributed by atoms with Crippen molar-refractivity contribution in [2.24, 2.45) is 5.92 Å². The molecule has 4 heterocycles. The number of nitrogen functional groups attached to an aromatic ring is 1. The zero-order valence-electron chi connectivity index (χ0n) is 18.4. The molecule has 1 aromatic carbocycles. The van der Waals surface area contributed by atoms with Gasteiger partial charge < -0.3 is 34.6 Å². The fourth-order valence-corrected chi connectivity index (χ4v) is 5.87. The maximum absolute atomic E-state index is 10.7. The number of piperidine rings is 1. The van der Waals surface area contributed by atoms with Gasteiger partial charge in [-0.25, -0.2) is 15.0 Å². The van der Waals surface area contributed by atoms with Crippen LogP contribution < -0.4 is 15.2 Å². The van der Waals surface area contributed by atoms with Gasteiger partial charge in [0.15, 0.2) is 33.6 Å². The maximum atomic E-state index is 10.7. The summed E-state index contributed by atoms with van der Waals surface area (Å²) in [6, 6.07) is 3.85. The Balaban J connectivity index is 1.34. The molecule has 0 bridgehead atoms. The van der Waals surface area contributed by atoms with Crippen LogP contribution in [-0.4, -0.2) is 68.3 Å². The van der Waals surface area contributed by atoms with E-state index in [1.807, 2.05) is 12.1 Å². The number of likely N-dealkylation sites (tertiary alicyclic amines) is 1. The Morgan fingerprint density at radius 3 is 2.79 bits per heavy atom. The molecule has 12 heteroatoms. The fraction of sp³-hybridized carbons (Fsp3) is 0.455. The highest BCUT2D eigenvalue weighted by Crippen LogP contribution is 2.43. The number of hydrogen-bond donors (Lipinski definition) is 2. The first-order valence-corrected chi connectivity index (χ1v) is 12.7. The van der Waals surface area contributed by atoms with Gasteiger partial charge in [-0.2, -0.15) is 0 Å². The highest BCUT2D eigenvalue weighted by molar-refractivity contribution is 9.10. The number of anilines is 1. The molecule has 1 fully saturated rings. The maximum Gasteiger partial charge on any atom is 0.231 e. The van der Waals surface area contributed by atoms with E-state index in [0.717, 1.165) is 59.1 Å². The lowest BCUT2D eigenvalue weighted by atomic mass is 9.93. The second-order valence-corrected chi connectivity index (χ2v) is 10.3. The molecule has 0 unspecified atom stereocenters. The van der Waals surface area contributed by atoms with Gasteiger partial charge in [-0.15, -0.1) is 0 Å². The molecule has 34 heavy (non-hydrogen) atoms. The van der Waals surface area contributed by atoms with Crippen LogP contribution in [0.5, 0.6) is 11.5 Å². The molecule has 3 N–H and O–H groups in total. The van der Waals surface area contributed by atoms with Crippen molar-refractivity contribution in [3.8, 4) is 11.5 Å². The summed E-state index contributed by atoms with van der Waals surface area (Å²) in [6.45, 7) is 3.12. The number of carbonyl (C=O) groups is 1. The molecule has 2 aromatic heterocycles. The number of ether oxygens (including phenoxy) is 2. The Morgan fingerprint density at radius 2 is 2.03 bits per heavy atom. The van der Waals surface area contributed by atoms with Crippen molar-refractivity contribution in [2.45, 2.75) is 42.0 Å². The SMILES string of the molecule is Nc1ncnc2c1nc(Sc1cc3c(cc1Br)OCO3)n2CCC1CCN(C[C@@H](O)C=O)CC1. The minimum Gasteiger partial charge on any atom is -0.454 e. The number of aldehydes is 1. The predicted octanol–water partition coefficient (Wildman–Crippen LogP) is 2.71. The minimum absolute atomic E-state index is 0.216. The van der Waals surface area contributed by atoms with Crippen LogP contribution in [0.3, 0.4) is 0 Å². The Hall–Kier alpha value is -2.41.